The minimum absolute atomic E-state index is 0.341. The molecule has 1 aromatic carbocycles. The molecule has 0 saturated carbocycles. The Morgan fingerprint density at radius 1 is 1.35 bits per heavy atom. The van der Waals surface area contributed by atoms with Crippen LogP contribution in [0.3, 0.4) is 0 Å². The van der Waals surface area contributed by atoms with E-state index in [0.717, 1.165) is 18.5 Å². The summed E-state index contributed by atoms with van der Waals surface area (Å²) in [5.41, 5.74) is 2.98. The number of hydrogen-bond donors (Lipinski definition) is 1. The van der Waals surface area contributed by atoms with E-state index in [1.165, 1.54) is 24.0 Å². The minimum atomic E-state index is -0.341. The van der Waals surface area contributed by atoms with Crippen LogP contribution < -0.4 is 5.32 Å². The van der Waals surface area contributed by atoms with Crippen molar-refractivity contribution in [3.8, 4) is 0 Å². The molecule has 1 N–H and O–H groups in total. The number of hydrogen-bond acceptors (Lipinski definition) is 5. The van der Waals surface area contributed by atoms with E-state index < -0.39 is 0 Å². The molecule has 2 aromatic rings. The van der Waals surface area contributed by atoms with Crippen molar-refractivity contribution in [2.45, 2.75) is 26.7 Å². The molecule has 2 rings (SSSR count). The highest BCUT2D eigenvalue weighted by Crippen LogP contribution is 2.26. The van der Waals surface area contributed by atoms with Gasteiger partial charge in [0.05, 0.1) is 12.8 Å². The Hall–Kier alpha value is -1.88. The molecule has 0 aliphatic heterocycles. The second kappa shape index (κ2) is 6.52. The number of anilines is 2. The van der Waals surface area contributed by atoms with Crippen LogP contribution >= 0.6 is 11.3 Å². The first-order chi connectivity index (χ1) is 9.63. The fourth-order valence-corrected chi connectivity index (χ4v) is 2.80. The number of thiazole rings is 1. The summed E-state index contributed by atoms with van der Waals surface area (Å²) >= 11 is 1.30. The quantitative estimate of drug-likeness (QED) is 0.848. The van der Waals surface area contributed by atoms with Crippen molar-refractivity contribution in [2.24, 2.45) is 0 Å². The van der Waals surface area contributed by atoms with Crippen molar-refractivity contribution in [2.75, 3.05) is 12.4 Å². The third-order valence-electron chi connectivity index (χ3n) is 2.91. The highest BCUT2D eigenvalue weighted by Gasteiger charge is 2.15. The van der Waals surface area contributed by atoms with Gasteiger partial charge in [-0.1, -0.05) is 36.8 Å². The maximum atomic E-state index is 11.5. The second-order valence-corrected chi connectivity index (χ2v) is 5.50. The van der Waals surface area contributed by atoms with Gasteiger partial charge in [-0.3, -0.25) is 0 Å². The predicted molar refractivity (Wildman–Crippen MR) is 81.9 cm³/mol. The molecule has 0 unspecified atom stereocenters. The van der Waals surface area contributed by atoms with Crippen LogP contribution in [-0.2, 0) is 11.2 Å². The first-order valence-electron chi connectivity index (χ1n) is 6.55. The van der Waals surface area contributed by atoms with Crippen molar-refractivity contribution < 1.29 is 9.53 Å². The van der Waals surface area contributed by atoms with Crippen LogP contribution in [0, 0.1) is 6.92 Å². The first kappa shape index (κ1) is 14.5. The number of nitrogens with one attached hydrogen (secondary N) is 1. The van der Waals surface area contributed by atoms with E-state index in [0.29, 0.717) is 15.7 Å². The fourth-order valence-electron chi connectivity index (χ4n) is 1.90. The molecule has 1 heterocycles. The van der Waals surface area contributed by atoms with Crippen molar-refractivity contribution in [3.05, 3.63) is 40.4 Å². The number of rotatable bonds is 5. The van der Waals surface area contributed by atoms with Gasteiger partial charge in [-0.15, -0.1) is 0 Å². The largest absolute Gasteiger partial charge is 0.465 e. The summed E-state index contributed by atoms with van der Waals surface area (Å²) in [5.74, 6) is -0.341. The number of esters is 1. The van der Waals surface area contributed by atoms with Gasteiger partial charge in [0.2, 0.25) is 0 Å². The third kappa shape index (κ3) is 3.36. The Labute approximate surface area is 122 Å². The second-order valence-electron chi connectivity index (χ2n) is 4.50. The molecule has 0 radical (unpaired) electrons. The number of ether oxygens (including phenoxy) is 1. The van der Waals surface area contributed by atoms with E-state index in [4.69, 9.17) is 4.74 Å². The number of methoxy groups -OCH3 is 1. The average Bonchev–Trinajstić information content (AvgIpc) is 2.81. The van der Waals surface area contributed by atoms with Gasteiger partial charge in [0.25, 0.3) is 0 Å². The lowest BCUT2D eigenvalue weighted by Crippen LogP contribution is -1.99. The molecule has 4 nitrogen and oxygen atoms in total. The topological polar surface area (TPSA) is 51.2 Å². The van der Waals surface area contributed by atoms with Gasteiger partial charge >= 0.3 is 5.97 Å². The maximum absolute atomic E-state index is 11.5. The molecule has 0 amide bonds. The lowest BCUT2D eigenvalue weighted by molar-refractivity contribution is 0.0605. The lowest BCUT2D eigenvalue weighted by Gasteiger charge is -2.04. The van der Waals surface area contributed by atoms with E-state index in [9.17, 15) is 4.79 Å². The van der Waals surface area contributed by atoms with Crippen molar-refractivity contribution in [3.63, 3.8) is 0 Å². The summed E-state index contributed by atoms with van der Waals surface area (Å²) in [6, 6.07) is 8.26. The first-order valence-corrected chi connectivity index (χ1v) is 7.37. The average molecular weight is 290 g/mol. The number of aryl methyl sites for hydroxylation is 2. The summed E-state index contributed by atoms with van der Waals surface area (Å²) in [4.78, 5) is 16.4. The molecule has 5 heteroatoms. The molecular weight excluding hydrogens is 272 g/mol. The molecule has 0 fully saturated rings. The number of carbonyl (C=O) groups is 1. The van der Waals surface area contributed by atoms with Gasteiger partial charge in [0.15, 0.2) is 5.13 Å². The van der Waals surface area contributed by atoms with Gasteiger partial charge in [0.1, 0.15) is 4.88 Å². The van der Waals surface area contributed by atoms with E-state index in [2.05, 4.69) is 29.4 Å². The van der Waals surface area contributed by atoms with E-state index in [-0.39, 0.29) is 5.97 Å². The van der Waals surface area contributed by atoms with Crippen LogP contribution in [0.25, 0.3) is 0 Å². The zero-order valence-corrected chi connectivity index (χ0v) is 12.7. The zero-order chi connectivity index (χ0) is 14.5. The molecule has 0 bridgehead atoms. The zero-order valence-electron chi connectivity index (χ0n) is 11.9. The van der Waals surface area contributed by atoms with E-state index in [1.807, 2.05) is 12.1 Å². The Kier molecular flexibility index (Phi) is 4.74. The van der Waals surface area contributed by atoms with Crippen molar-refractivity contribution in [1.82, 2.24) is 4.98 Å². The van der Waals surface area contributed by atoms with Crippen molar-refractivity contribution in [1.29, 1.82) is 0 Å². The molecule has 20 heavy (non-hydrogen) atoms. The summed E-state index contributed by atoms with van der Waals surface area (Å²) in [5, 5.41) is 3.91. The summed E-state index contributed by atoms with van der Waals surface area (Å²) in [7, 11) is 1.38. The summed E-state index contributed by atoms with van der Waals surface area (Å²) in [6.07, 6.45) is 2.23. The standard InChI is InChI=1S/C15H18N2O2S/c1-4-5-11-6-8-12(9-7-11)17-15-16-10(2)13(20-15)14(18)19-3/h6-9H,4-5H2,1-3H3,(H,16,17). The van der Waals surface area contributed by atoms with Gasteiger partial charge in [0, 0.05) is 5.69 Å². The van der Waals surface area contributed by atoms with Gasteiger partial charge in [-0.05, 0) is 31.0 Å². The fraction of sp³-hybridized carbons (Fsp3) is 0.333. The van der Waals surface area contributed by atoms with Gasteiger partial charge in [-0.2, -0.15) is 0 Å². The number of carbonyl (C=O) groups excluding carboxylic acids is 1. The van der Waals surface area contributed by atoms with E-state index in [1.54, 1.807) is 6.92 Å². The number of benzene rings is 1. The van der Waals surface area contributed by atoms with Crippen LogP contribution in [0.5, 0.6) is 0 Å². The van der Waals surface area contributed by atoms with Crippen LogP contribution in [0.2, 0.25) is 0 Å². The summed E-state index contributed by atoms with van der Waals surface area (Å²) < 4.78 is 4.73. The van der Waals surface area contributed by atoms with Crippen LogP contribution in [0.15, 0.2) is 24.3 Å². The normalized spacial score (nSPS) is 10.3. The van der Waals surface area contributed by atoms with Crippen LogP contribution in [-0.4, -0.2) is 18.1 Å². The Morgan fingerprint density at radius 2 is 2.05 bits per heavy atom. The molecule has 0 aliphatic rings. The molecule has 0 aliphatic carbocycles. The Balaban J connectivity index is 2.11. The molecule has 0 atom stereocenters. The third-order valence-corrected chi connectivity index (χ3v) is 3.96. The van der Waals surface area contributed by atoms with Gasteiger partial charge < -0.3 is 10.1 Å². The van der Waals surface area contributed by atoms with Crippen LogP contribution in [0.1, 0.15) is 34.3 Å². The number of nitrogens with zero attached hydrogens (tertiary/aromatic N) is 1. The molecule has 0 saturated heterocycles. The summed E-state index contributed by atoms with van der Waals surface area (Å²) in [6.45, 7) is 3.97. The highest BCUT2D eigenvalue weighted by atomic mass is 32.1. The molecule has 106 valence electrons. The predicted octanol–water partition coefficient (Wildman–Crippen LogP) is 3.93. The lowest BCUT2D eigenvalue weighted by atomic mass is 10.1. The maximum Gasteiger partial charge on any atom is 0.350 e. The van der Waals surface area contributed by atoms with Gasteiger partial charge in [-0.25, -0.2) is 9.78 Å². The van der Waals surface area contributed by atoms with Crippen LogP contribution in [0.4, 0.5) is 10.8 Å². The Morgan fingerprint density at radius 3 is 2.65 bits per heavy atom. The SMILES string of the molecule is CCCc1ccc(Nc2nc(C)c(C(=O)OC)s2)cc1. The number of aromatic nitrogens is 1. The van der Waals surface area contributed by atoms with E-state index >= 15 is 0 Å². The minimum Gasteiger partial charge on any atom is -0.465 e. The molecular formula is C15H18N2O2S. The smallest absolute Gasteiger partial charge is 0.350 e. The van der Waals surface area contributed by atoms with Crippen molar-refractivity contribution >= 4 is 28.1 Å². The molecule has 1 aromatic heterocycles. The monoisotopic (exact) mass is 290 g/mol. The molecule has 0 spiro atoms. The highest BCUT2D eigenvalue weighted by molar-refractivity contribution is 7.17. The Bertz CT molecular complexity index is 590.